The van der Waals surface area contributed by atoms with Gasteiger partial charge in [-0.05, 0) is 25.3 Å². The number of amides is 1. The monoisotopic (exact) mass is 365 g/mol. The molecule has 0 unspecified atom stereocenters. The molecule has 0 saturated carbocycles. The van der Waals surface area contributed by atoms with Gasteiger partial charge in [0.2, 0.25) is 0 Å². The lowest BCUT2D eigenvalue weighted by atomic mass is 9.98. The fourth-order valence-electron chi connectivity index (χ4n) is 3.03. The third-order valence-electron chi connectivity index (χ3n) is 4.48. The second-order valence-corrected chi connectivity index (χ2v) is 7.52. The molecule has 4 heteroatoms. The molecule has 0 fully saturated rings. The third kappa shape index (κ3) is 4.81. The summed E-state index contributed by atoms with van der Waals surface area (Å²) in [6.07, 6.45) is 0. The maximum Gasteiger partial charge on any atom is 0.275 e. The first-order valence-corrected chi connectivity index (χ1v) is 9.79. The fourth-order valence-corrected chi connectivity index (χ4v) is 3.77. The summed E-state index contributed by atoms with van der Waals surface area (Å²) < 4.78 is 0. The van der Waals surface area contributed by atoms with Crippen LogP contribution in [0, 0.1) is 6.92 Å². The van der Waals surface area contributed by atoms with Crippen LogP contribution in [-0.4, -0.2) is 12.5 Å². The van der Waals surface area contributed by atoms with Crippen molar-refractivity contribution in [1.29, 1.82) is 0 Å². The Labute approximate surface area is 159 Å². The van der Waals surface area contributed by atoms with E-state index in [0.29, 0.717) is 6.54 Å². The Kier molecular flexibility index (Phi) is 6.21. The third-order valence-corrected chi connectivity index (χ3v) is 5.54. The number of carbonyl (C=O) groups excluding carboxylic acids is 1. The Morgan fingerprint density at radius 3 is 2.35 bits per heavy atom. The van der Waals surface area contributed by atoms with Crippen molar-refractivity contribution >= 4 is 17.2 Å². The lowest BCUT2D eigenvalue weighted by molar-refractivity contribution is -0.676. The SMILES string of the molecule is Cc1ccc([C@@H]([NH2+]CC(=O)N[C@@H](C)c2cccs2)c2ccccc2)cc1. The van der Waals surface area contributed by atoms with Crippen LogP contribution in [0.2, 0.25) is 0 Å². The molecule has 0 spiro atoms. The molecule has 3 N–H and O–H groups in total. The number of benzene rings is 2. The van der Waals surface area contributed by atoms with Crippen molar-refractivity contribution in [1.82, 2.24) is 5.32 Å². The second-order valence-electron chi connectivity index (χ2n) is 6.54. The van der Waals surface area contributed by atoms with Crippen molar-refractivity contribution in [3.05, 3.63) is 93.7 Å². The molecule has 26 heavy (non-hydrogen) atoms. The highest BCUT2D eigenvalue weighted by Crippen LogP contribution is 2.19. The zero-order valence-corrected chi connectivity index (χ0v) is 16.0. The molecule has 0 saturated heterocycles. The Balaban J connectivity index is 1.68. The number of carbonyl (C=O) groups is 1. The van der Waals surface area contributed by atoms with Gasteiger partial charge in [-0.25, -0.2) is 0 Å². The zero-order valence-electron chi connectivity index (χ0n) is 15.2. The summed E-state index contributed by atoms with van der Waals surface area (Å²) in [5.41, 5.74) is 3.65. The summed E-state index contributed by atoms with van der Waals surface area (Å²) in [6.45, 7) is 4.51. The number of hydrogen-bond acceptors (Lipinski definition) is 2. The summed E-state index contributed by atoms with van der Waals surface area (Å²) in [4.78, 5) is 13.6. The highest BCUT2D eigenvalue weighted by molar-refractivity contribution is 7.10. The molecular formula is C22H25N2OS+. The van der Waals surface area contributed by atoms with Gasteiger partial charge in [-0.2, -0.15) is 0 Å². The van der Waals surface area contributed by atoms with E-state index in [2.05, 4.69) is 60.0 Å². The van der Waals surface area contributed by atoms with Gasteiger partial charge in [0.15, 0.2) is 6.54 Å². The molecule has 0 radical (unpaired) electrons. The summed E-state index contributed by atoms with van der Waals surface area (Å²) in [7, 11) is 0. The van der Waals surface area contributed by atoms with Gasteiger partial charge < -0.3 is 10.6 Å². The van der Waals surface area contributed by atoms with Crippen LogP contribution in [0.25, 0.3) is 0 Å². The van der Waals surface area contributed by atoms with Gasteiger partial charge in [0.25, 0.3) is 5.91 Å². The van der Waals surface area contributed by atoms with E-state index in [9.17, 15) is 4.79 Å². The topological polar surface area (TPSA) is 45.7 Å². The van der Waals surface area contributed by atoms with Crippen LogP contribution < -0.4 is 10.6 Å². The highest BCUT2D eigenvalue weighted by atomic mass is 32.1. The van der Waals surface area contributed by atoms with E-state index in [-0.39, 0.29) is 18.0 Å². The van der Waals surface area contributed by atoms with Crippen LogP contribution in [0.15, 0.2) is 72.1 Å². The number of nitrogens with two attached hydrogens (primary N) is 1. The minimum atomic E-state index is 0.0467. The van der Waals surface area contributed by atoms with Gasteiger partial charge in [-0.3, -0.25) is 4.79 Å². The first kappa shape index (κ1) is 18.4. The molecule has 0 bridgehead atoms. The Bertz CT molecular complexity index is 813. The lowest BCUT2D eigenvalue weighted by Gasteiger charge is -2.18. The van der Waals surface area contributed by atoms with Crippen LogP contribution in [0.5, 0.6) is 0 Å². The van der Waals surface area contributed by atoms with E-state index < -0.39 is 0 Å². The van der Waals surface area contributed by atoms with E-state index >= 15 is 0 Å². The molecule has 3 aromatic rings. The Hall–Kier alpha value is -2.43. The summed E-state index contributed by atoms with van der Waals surface area (Å²) >= 11 is 1.67. The van der Waals surface area contributed by atoms with Crippen LogP contribution in [0.1, 0.15) is 40.6 Å². The number of thiophene rings is 1. The summed E-state index contributed by atoms with van der Waals surface area (Å²) in [5, 5.41) is 7.23. The van der Waals surface area contributed by atoms with Gasteiger partial charge in [0.1, 0.15) is 6.04 Å². The van der Waals surface area contributed by atoms with E-state index in [0.717, 1.165) is 0 Å². The molecule has 1 aromatic heterocycles. The van der Waals surface area contributed by atoms with Crippen molar-refractivity contribution in [3.63, 3.8) is 0 Å². The molecule has 1 heterocycles. The first-order valence-electron chi connectivity index (χ1n) is 8.91. The van der Waals surface area contributed by atoms with Crippen LogP contribution in [0.4, 0.5) is 0 Å². The molecule has 0 aliphatic carbocycles. The predicted octanol–water partition coefficient (Wildman–Crippen LogP) is 3.59. The van der Waals surface area contributed by atoms with Crippen molar-refractivity contribution in [2.24, 2.45) is 0 Å². The predicted molar refractivity (Wildman–Crippen MR) is 107 cm³/mol. The first-order chi connectivity index (χ1) is 12.6. The summed E-state index contributed by atoms with van der Waals surface area (Å²) in [6, 6.07) is 23.1. The Morgan fingerprint density at radius 1 is 1.00 bits per heavy atom. The van der Waals surface area contributed by atoms with Gasteiger partial charge in [0, 0.05) is 16.0 Å². The minimum absolute atomic E-state index is 0.0467. The molecule has 0 aliphatic rings. The number of hydrogen-bond donors (Lipinski definition) is 2. The van der Waals surface area contributed by atoms with Gasteiger partial charge in [-0.1, -0.05) is 66.2 Å². The molecule has 0 aliphatic heterocycles. The molecular weight excluding hydrogens is 340 g/mol. The summed E-state index contributed by atoms with van der Waals surface area (Å²) in [5.74, 6) is 0.0546. The molecule has 2 atom stereocenters. The number of nitrogens with one attached hydrogen (secondary N) is 1. The van der Waals surface area contributed by atoms with Crippen LogP contribution in [0.3, 0.4) is 0 Å². The molecule has 3 rings (SSSR count). The largest absolute Gasteiger partial charge is 0.344 e. The normalized spacial score (nSPS) is 13.2. The Morgan fingerprint density at radius 2 is 1.69 bits per heavy atom. The molecule has 2 aromatic carbocycles. The van der Waals surface area contributed by atoms with E-state index in [1.54, 1.807) is 11.3 Å². The average molecular weight is 366 g/mol. The zero-order chi connectivity index (χ0) is 18.4. The smallest absolute Gasteiger partial charge is 0.275 e. The maximum absolute atomic E-state index is 12.4. The van der Waals surface area contributed by atoms with Crippen LogP contribution >= 0.6 is 11.3 Å². The molecule has 3 nitrogen and oxygen atoms in total. The lowest BCUT2D eigenvalue weighted by Crippen LogP contribution is -2.87. The molecule has 134 valence electrons. The number of quaternary nitrogens is 1. The average Bonchev–Trinajstić information content (AvgIpc) is 3.19. The van der Waals surface area contributed by atoms with Crippen molar-refractivity contribution in [2.75, 3.05) is 6.54 Å². The van der Waals surface area contributed by atoms with Crippen molar-refractivity contribution in [2.45, 2.75) is 25.9 Å². The van der Waals surface area contributed by atoms with Crippen molar-refractivity contribution < 1.29 is 10.1 Å². The fraction of sp³-hybridized carbons (Fsp3) is 0.227. The second kappa shape index (κ2) is 8.79. The van der Waals surface area contributed by atoms with E-state index in [1.165, 1.54) is 21.6 Å². The standard InChI is InChI=1S/C22H24N2OS/c1-16-10-12-19(13-11-16)22(18-7-4-3-5-8-18)23-15-21(25)24-17(2)20-9-6-14-26-20/h3-14,17,22-23H,15H2,1-2H3,(H,24,25)/p+1/t17-,22-/m0/s1. The van der Waals surface area contributed by atoms with Crippen LogP contribution in [-0.2, 0) is 4.79 Å². The highest BCUT2D eigenvalue weighted by Gasteiger charge is 2.19. The quantitative estimate of drug-likeness (QED) is 0.660. The van der Waals surface area contributed by atoms with Crippen molar-refractivity contribution in [3.8, 4) is 0 Å². The van der Waals surface area contributed by atoms with Gasteiger partial charge in [-0.15, -0.1) is 11.3 Å². The number of rotatable bonds is 7. The van der Waals surface area contributed by atoms with E-state index in [4.69, 9.17) is 0 Å². The minimum Gasteiger partial charge on any atom is -0.344 e. The van der Waals surface area contributed by atoms with Gasteiger partial charge in [0.05, 0.1) is 6.04 Å². The van der Waals surface area contributed by atoms with Gasteiger partial charge >= 0.3 is 0 Å². The maximum atomic E-state index is 12.4. The van der Waals surface area contributed by atoms with E-state index in [1.807, 2.05) is 36.6 Å². The molecule has 1 amide bonds. The number of aryl methyl sites for hydroxylation is 1.